The molecule has 26 heavy (non-hydrogen) atoms. The van der Waals surface area contributed by atoms with Gasteiger partial charge in [-0.1, -0.05) is 55.5 Å². The molecule has 3 nitrogen and oxygen atoms in total. The van der Waals surface area contributed by atoms with E-state index in [1.807, 2.05) is 18.2 Å². The van der Waals surface area contributed by atoms with Crippen LogP contribution in [0.4, 0.5) is 0 Å². The Morgan fingerprint density at radius 1 is 1.00 bits per heavy atom. The molecule has 0 saturated carbocycles. The molecule has 0 saturated heterocycles. The molecule has 0 aliphatic heterocycles. The van der Waals surface area contributed by atoms with Crippen molar-refractivity contribution in [1.29, 1.82) is 0 Å². The number of nitrogens with one attached hydrogen (secondary N) is 1. The molecule has 2 unspecified atom stereocenters. The average molecular weight is 353 g/mol. The minimum absolute atomic E-state index is 0.120. The Labute approximate surface area is 158 Å². The number of benzene rings is 2. The molecule has 1 N–H and O–H groups in total. The van der Waals surface area contributed by atoms with Crippen molar-refractivity contribution in [2.45, 2.75) is 45.6 Å². The summed E-state index contributed by atoms with van der Waals surface area (Å²) in [5, 5.41) is 3.14. The summed E-state index contributed by atoms with van der Waals surface area (Å²) in [4.78, 5) is 14.6. The van der Waals surface area contributed by atoms with Crippen LogP contribution >= 0.6 is 0 Å². The van der Waals surface area contributed by atoms with E-state index in [0.29, 0.717) is 13.0 Å². The van der Waals surface area contributed by atoms with Crippen molar-refractivity contribution < 1.29 is 4.79 Å². The van der Waals surface area contributed by atoms with Crippen molar-refractivity contribution in [2.24, 2.45) is 0 Å². The van der Waals surface area contributed by atoms with Gasteiger partial charge in [-0.25, -0.2) is 0 Å². The summed E-state index contributed by atoms with van der Waals surface area (Å²) in [6, 6.07) is 16.9. The quantitative estimate of drug-likeness (QED) is 0.776. The first-order valence-electron chi connectivity index (χ1n) is 9.41. The van der Waals surface area contributed by atoms with Crippen LogP contribution in [0.25, 0.3) is 0 Å². The van der Waals surface area contributed by atoms with Gasteiger partial charge in [-0.2, -0.15) is 0 Å². The fourth-order valence-electron chi connectivity index (χ4n) is 3.33. The molecule has 2 aromatic carbocycles. The zero-order valence-corrected chi connectivity index (χ0v) is 16.8. The third kappa shape index (κ3) is 5.70. The molecule has 3 heteroatoms. The fourth-order valence-corrected chi connectivity index (χ4v) is 3.33. The Balaban J connectivity index is 1.93. The van der Waals surface area contributed by atoms with Crippen LogP contribution in [0.5, 0.6) is 0 Å². The molecule has 2 aromatic rings. The fraction of sp³-hybridized carbons (Fsp3) is 0.435. The van der Waals surface area contributed by atoms with Crippen molar-refractivity contribution in [3.63, 3.8) is 0 Å². The van der Waals surface area contributed by atoms with E-state index in [9.17, 15) is 4.79 Å². The molecular formula is C23H32N2O. The predicted octanol–water partition coefficient (Wildman–Crippen LogP) is 4.09. The molecule has 0 bridgehead atoms. The zero-order chi connectivity index (χ0) is 19.1. The summed E-state index contributed by atoms with van der Waals surface area (Å²) in [6.45, 7) is 7.10. The average Bonchev–Trinajstić information content (AvgIpc) is 2.61. The van der Waals surface area contributed by atoms with E-state index in [0.717, 1.165) is 6.42 Å². The number of aryl methyl sites for hydroxylation is 2. The molecule has 0 aromatic heterocycles. The van der Waals surface area contributed by atoms with Crippen LogP contribution in [0.1, 0.15) is 41.5 Å². The molecule has 0 heterocycles. The van der Waals surface area contributed by atoms with Gasteiger partial charge in [0.05, 0.1) is 0 Å². The Kier molecular flexibility index (Phi) is 7.40. The summed E-state index contributed by atoms with van der Waals surface area (Å²) in [6.07, 6.45) is 1.47. The number of rotatable bonds is 8. The number of amides is 1. The highest BCUT2D eigenvalue weighted by molar-refractivity contribution is 5.76. The monoisotopic (exact) mass is 352 g/mol. The van der Waals surface area contributed by atoms with E-state index in [-0.39, 0.29) is 17.9 Å². The van der Waals surface area contributed by atoms with Gasteiger partial charge in [-0.3, -0.25) is 4.79 Å². The van der Waals surface area contributed by atoms with E-state index in [1.54, 1.807) is 0 Å². The van der Waals surface area contributed by atoms with Gasteiger partial charge in [-0.15, -0.1) is 0 Å². The second-order valence-corrected chi connectivity index (χ2v) is 7.51. The van der Waals surface area contributed by atoms with E-state index in [2.05, 4.69) is 75.4 Å². The number of nitrogens with zero attached hydrogens (tertiary/aromatic N) is 1. The second kappa shape index (κ2) is 9.54. The molecule has 0 fully saturated rings. The number of carbonyl (C=O) groups excluding carboxylic acids is 1. The van der Waals surface area contributed by atoms with Gasteiger partial charge in [0.15, 0.2) is 0 Å². The largest absolute Gasteiger partial charge is 0.355 e. The van der Waals surface area contributed by atoms with Crippen molar-refractivity contribution in [1.82, 2.24) is 10.2 Å². The Morgan fingerprint density at radius 2 is 1.62 bits per heavy atom. The van der Waals surface area contributed by atoms with Gasteiger partial charge in [0.2, 0.25) is 5.91 Å². The minimum atomic E-state index is 0.120. The summed E-state index contributed by atoms with van der Waals surface area (Å²) >= 11 is 0. The van der Waals surface area contributed by atoms with Gasteiger partial charge in [0.25, 0.3) is 0 Å². The molecule has 1 amide bonds. The number of likely N-dealkylation sites (N-methyl/N-ethyl adjacent to an activating group) is 1. The molecule has 0 radical (unpaired) electrons. The number of carbonyl (C=O) groups is 1. The molecule has 2 rings (SSSR count). The standard InChI is InChI=1S/C23H32N2O/c1-17-10-9-11-18(2)22(17)15-21(25(4)5)16-24-23(26)14-19(3)20-12-7-6-8-13-20/h6-13,19,21H,14-16H2,1-5H3,(H,24,26). The van der Waals surface area contributed by atoms with Gasteiger partial charge >= 0.3 is 0 Å². The number of hydrogen-bond donors (Lipinski definition) is 1. The van der Waals surface area contributed by atoms with E-state index < -0.39 is 0 Å². The van der Waals surface area contributed by atoms with Crippen LogP contribution in [0.2, 0.25) is 0 Å². The van der Waals surface area contributed by atoms with E-state index in [1.165, 1.54) is 22.3 Å². The lowest BCUT2D eigenvalue weighted by Crippen LogP contribution is -2.42. The normalized spacial score (nSPS) is 13.5. The van der Waals surface area contributed by atoms with Gasteiger partial charge in [-0.05, 0) is 62.5 Å². The molecular weight excluding hydrogens is 320 g/mol. The van der Waals surface area contributed by atoms with Crippen LogP contribution in [0, 0.1) is 13.8 Å². The van der Waals surface area contributed by atoms with Crippen molar-refractivity contribution >= 4 is 5.91 Å². The van der Waals surface area contributed by atoms with Crippen LogP contribution < -0.4 is 5.32 Å². The molecule has 0 aliphatic rings. The summed E-state index contributed by atoms with van der Waals surface area (Å²) < 4.78 is 0. The third-order valence-electron chi connectivity index (χ3n) is 5.21. The van der Waals surface area contributed by atoms with Crippen LogP contribution in [-0.2, 0) is 11.2 Å². The first-order chi connectivity index (χ1) is 12.4. The topological polar surface area (TPSA) is 32.3 Å². The van der Waals surface area contributed by atoms with Crippen molar-refractivity contribution in [3.8, 4) is 0 Å². The van der Waals surface area contributed by atoms with Gasteiger partial charge in [0.1, 0.15) is 0 Å². The summed E-state index contributed by atoms with van der Waals surface area (Å²) in [7, 11) is 4.16. The Bertz CT molecular complexity index is 689. The highest BCUT2D eigenvalue weighted by atomic mass is 16.1. The van der Waals surface area contributed by atoms with E-state index >= 15 is 0 Å². The lowest BCUT2D eigenvalue weighted by atomic mass is 9.95. The first-order valence-corrected chi connectivity index (χ1v) is 9.41. The highest BCUT2D eigenvalue weighted by Gasteiger charge is 2.17. The second-order valence-electron chi connectivity index (χ2n) is 7.51. The Hall–Kier alpha value is -2.13. The van der Waals surface area contributed by atoms with Crippen LogP contribution in [-0.4, -0.2) is 37.5 Å². The van der Waals surface area contributed by atoms with E-state index in [4.69, 9.17) is 0 Å². The summed E-state index contributed by atoms with van der Waals surface area (Å²) in [5.74, 6) is 0.349. The molecule has 2 atom stereocenters. The molecule has 0 aliphatic carbocycles. The smallest absolute Gasteiger partial charge is 0.220 e. The van der Waals surface area contributed by atoms with Crippen molar-refractivity contribution in [2.75, 3.05) is 20.6 Å². The van der Waals surface area contributed by atoms with Crippen LogP contribution in [0.3, 0.4) is 0 Å². The predicted molar refractivity (Wildman–Crippen MR) is 110 cm³/mol. The number of hydrogen-bond acceptors (Lipinski definition) is 2. The Morgan fingerprint density at radius 3 is 2.19 bits per heavy atom. The maximum atomic E-state index is 12.4. The third-order valence-corrected chi connectivity index (χ3v) is 5.21. The van der Waals surface area contributed by atoms with Gasteiger partial charge < -0.3 is 10.2 Å². The molecule has 0 spiro atoms. The minimum Gasteiger partial charge on any atom is -0.355 e. The zero-order valence-electron chi connectivity index (χ0n) is 16.8. The van der Waals surface area contributed by atoms with Gasteiger partial charge in [0, 0.05) is 19.0 Å². The highest BCUT2D eigenvalue weighted by Crippen LogP contribution is 2.19. The maximum absolute atomic E-state index is 12.4. The lowest BCUT2D eigenvalue weighted by Gasteiger charge is -2.26. The first kappa shape index (κ1) is 20.2. The lowest BCUT2D eigenvalue weighted by molar-refractivity contribution is -0.121. The van der Waals surface area contributed by atoms with Crippen molar-refractivity contribution in [3.05, 3.63) is 70.8 Å². The molecule has 140 valence electrons. The maximum Gasteiger partial charge on any atom is 0.220 e. The summed E-state index contributed by atoms with van der Waals surface area (Å²) in [5.41, 5.74) is 5.24. The SMILES string of the molecule is Cc1cccc(C)c1CC(CNC(=O)CC(C)c1ccccc1)N(C)C. The van der Waals surface area contributed by atoms with Crippen LogP contribution in [0.15, 0.2) is 48.5 Å².